The molecule has 4 heterocycles. The van der Waals surface area contributed by atoms with Crippen molar-refractivity contribution in [1.29, 1.82) is 0 Å². The summed E-state index contributed by atoms with van der Waals surface area (Å²) in [6.07, 6.45) is 4.77. The highest BCUT2D eigenvalue weighted by atomic mass is 19.1. The first kappa shape index (κ1) is 32.5. The zero-order chi connectivity index (χ0) is 34.0. The molecule has 2 aliphatic heterocycles. The summed E-state index contributed by atoms with van der Waals surface area (Å²) in [4.78, 5) is 21.4. The Bertz CT molecular complexity index is 1910. The van der Waals surface area contributed by atoms with Crippen LogP contribution in [-0.2, 0) is 21.8 Å². The number of rotatable bonds is 11. The summed E-state index contributed by atoms with van der Waals surface area (Å²) in [6.45, 7) is 7.80. The van der Waals surface area contributed by atoms with Gasteiger partial charge in [0.1, 0.15) is 55.6 Å². The van der Waals surface area contributed by atoms with E-state index in [2.05, 4.69) is 37.1 Å². The molecule has 3 aromatic carbocycles. The maximum absolute atomic E-state index is 14.9. The number of benzene rings is 3. The fourth-order valence-electron chi connectivity index (χ4n) is 6.24. The minimum atomic E-state index is -1.51. The van der Waals surface area contributed by atoms with E-state index in [1.54, 1.807) is 10.9 Å². The molecule has 0 spiro atoms. The van der Waals surface area contributed by atoms with Crippen molar-refractivity contribution in [2.75, 3.05) is 49.2 Å². The summed E-state index contributed by atoms with van der Waals surface area (Å²) >= 11 is 0. The van der Waals surface area contributed by atoms with Crippen LogP contribution in [0.5, 0.6) is 5.75 Å². The minimum absolute atomic E-state index is 0.0334. The van der Waals surface area contributed by atoms with Gasteiger partial charge in [-0.2, -0.15) is 10.2 Å². The van der Waals surface area contributed by atoms with Crippen molar-refractivity contribution in [2.45, 2.75) is 44.7 Å². The molecule has 0 N–H and O–H groups in total. The highest BCUT2D eigenvalue weighted by Crippen LogP contribution is 2.38. The van der Waals surface area contributed by atoms with Gasteiger partial charge in [-0.1, -0.05) is 6.92 Å². The second kappa shape index (κ2) is 13.8. The molecule has 2 aromatic heterocycles. The number of halogens is 2. The van der Waals surface area contributed by atoms with Gasteiger partial charge in [-0.05, 0) is 74.0 Å². The normalized spacial score (nSPS) is 20.1. The molecule has 0 aliphatic carbocycles. The van der Waals surface area contributed by atoms with Crippen molar-refractivity contribution in [1.82, 2.24) is 29.1 Å². The van der Waals surface area contributed by atoms with Gasteiger partial charge in [0.25, 0.3) is 0 Å². The van der Waals surface area contributed by atoms with E-state index >= 15 is 0 Å². The molecule has 0 bridgehead atoms. The quantitative estimate of drug-likeness (QED) is 0.200. The summed E-state index contributed by atoms with van der Waals surface area (Å²) < 4.78 is 51.4. The number of hydrogen-bond donors (Lipinski definition) is 0. The van der Waals surface area contributed by atoms with E-state index in [9.17, 15) is 13.6 Å². The van der Waals surface area contributed by atoms with Crippen LogP contribution >= 0.6 is 0 Å². The molecule has 49 heavy (non-hydrogen) atoms. The van der Waals surface area contributed by atoms with Gasteiger partial charge in [0.2, 0.25) is 5.79 Å². The number of ether oxygens (including phenoxy) is 3. The van der Waals surface area contributed by atoms with Gasteiger partial charge in [-0.25, -0.2) is 32.5 Å². The monoisotopic (exact) mass is 672 g/mol. The van der Waals surface area contributed by atoms with Crippen molar-refractivity contribution in [2.24, 2.45) is 0 Å². The van der Waals surface area contributed by atoms with Crippen LogP contribution in [0.2, 0.25) is 0 Å². The Labute approximate surface area is 282 Å². The van der Waals surface area contributed by atoms with E-state index in [0.717, 1.165) is 55.7 Å². The van der Waals surface area contributed by atoms with Crippen molar-refractivity contribution >= 4 is 11.4 Å². The van der Waals surface area contributed by atoms with Gasteiger partial charge >= 0.3 is 5.69 Å². The fraction of sp³-hybridized carbons (Fsp3) is 0.371. The zero-order valence-electron chi connectivity index (χ0n) is 27.4. The molecule has 0 amide bonds. The Kier molecular flexibility index (Phi) is 9.15. The lowest BCUT2D eigenvalue weighted by atomic mass is 10.0. The van der Waals surface area contributed by atoms with Crippen molar-refractivity contribution < 1.29 is 23.0 Å². The minimum Gasteiger partial charge on any atom is -0.491 e. The van der Waals surface area contributed by atoms with Crippen LogP contribution < -0.4 is 20.2 Å². The van der Waals surface area contributed by atoms with Crippen molar-refractivity contribution in [3.8, 4) is 11.4 Å². The molecule has 7 rings (SSSR count). The molecular formula is C35H38F2N8O4. The largest absolute Gasteiger partial charge is 0.491 e. The SMILES string of the molecule is CCC(C)n1ncn(-c2ccc(N3CCN(c4ccc(OC[C@H]5CO[C@](Cn6cncn6)(c6ccc(F)cc6F)O5)cc4)CC3)cc2)c1=O. The first-order valence-electron chi connectivity index (χ1n) is 16.4. The summed E-state index contributed by atoms with van der Waals surface area (Å²) in [7, 11) is 0. The number of anilines is 2. The average molecular weight is 673 g/mol. The number of piperazine rings is 1. The molecule has 3 atom stereocenters. The smallest absolute Gasteiger partial charge is 0.350 e. The maximum Gasteiger partial charge on any atom is 0.350 e. The Balaban J connectivity index is 0.925. The lowest BCUT2D eigenvalue weighted by molar-refractivity contribution is -0.192. The van der Waals surface area contributed by atoms with Crippen LogP contribution in [0.3, 0.4) is 0 Å². The predicted octanol–water partition coefficient (Wildman–Crippen LogP) is 4.55. The third-order valence-electron chi connectivity index (χ3n) is 9.15. The number of aromatic nitrogens is 6. The van der Waals surface area contributed by atoms with Crippen molar-refractivity contribution in [3.63, 3.8) is 0 Å². The molecular weight excluding hydrogens is 634 g/mol. The average Bonchev–Trinajstić information content (AvgIpc) is 3.88. The first-order chi connectivity index (χ1) is 23.8. The number of hydrogen-bond acceptors (Lipinski definition) is 9. The van der Waals surface area contributed by atoms with Crippen LogP contribution in [0.25, 0.3) is 5.69 Å². The number of nitrogens with zero attached hydrogens (tertiary/aromatic N) is 8. The third-order valence-corrected chi connectivity index (χ3v) is 9.15. The second-order valence-corrected chi connectivity index (χ2v) is 12.3. The van der Waals surface area contributed by atoms with Gasteiger partial charge in [0, 0.05) is 49.2 Å². The summed E-state index contributed by atoms with van der Waals surface area (Å²) in [5.41, 5.74) is 2.95. The highest BCUT2D eigenvalue weighted by Gasteiger charge is 2.46. The van der Waals surface area contributed by atoms with Crippen LogP contribution in [0.4, 0.5) is 20.2 Å². The van der Waals surface area contributed by atoms with E-state index in [4.69, 9.17) is 14.2 Å². The van der Waals surface area contributed by atoms with Gasteiger partial charge in [0.05, 0.1) is 18.3 Å². The Hall–Kier alpha value is -5.08. The summed E-state index contributed by atoms with van der Waals surface area (Å²) in [5.74, 6) is -2.30. The van der Waals surface area contributed by atoms with Gasteiger partial charge in [0.15, 0.2) is 0 Å². The molecule has 12 nitrogen and oxygen atoms in total. The lowest BCUT2D eigenvalue weighted by Gasteiger charge is -2.37. The second-order valence-electron chi connectivity index (χ2n) is 12.3. The van der Waals surface area contributed by atoms with Crippen molar-refractivity contribution in [3.05, 3.63) is 113 Å². The van der Waals surface area contributed by atoms with Crippen LogP contribution in [0.15, 0.2) is 90.5 Å². The van der Waals surface area contributed by atoms with E-state index < -0.39 is 23.5 Å². The van der Waals surface area contributed by atoms with Gasteiger partial charge in [-0.15, -0.1) is 0 Å². The molecule has 256 valence electrons. The maximum atomic E-state index is 14.9. The molecule has 2 aliphatic rings. The topological polar surface area (TPSA) is 105 Å². The first-order valence-corrected chi connectivity index (χ1v) is 16.4. The van der Waals surface area contributed by atoms with E-state index in [1.165, 1.54) is 34.2 Å². The summed E-state index contributed by atoms with van der Waals surface area (Å²) in [6, 6.07) is 19.3. The van der Waals surface area contributed by atoms with Crippen LogP contribution in [0.1, 0.15) is 31.9 Å². The Morgan fingerprint density at radius 3 is 2.22 bits per heavy atom. The molecule has 14 heteroatoms. The van der Waals surface area contributed by atoms with Gasteiger partial charge in [-0.3, -0.25) is 0 Å². The van der Waals surface area contributed by atoms with E-state index in [-0.39, 0.29) is 37.1 Å². The molecule has 2 fully saturated rings. The molecule has 0 radical (unpaired) electrons. The van der Waals surface area contributed by atoms with E-state index in [0.29, 0.717) is 5.75 Å². The molecule has 5 aromatic rings. The van der Waals surface area contributed by atoms with Crippen LogP contribution in [-0.4, -0.2) is 74.6 Å². The molecule has 1 unspecified atom stereocenters. The molecule has 2 saturated heterocycles. The lowest BCUT2D eigenvalue weighted by Crippen LogP contribution is -2.46. The Morgan fingerprint density at radius 2 is 1.59 bits per heavy atom. The van der Waals surface area contributed by atoms with Crippen LogP contribution in [0, 0.1) is 11.6 Å². The van der Waals surface area contributed by atoms with E-state index in [1.807, 2.05) is 50.2 Å². The Morgan fingerprint density at radius 1 is 0.918 bits per heavy atom. The fourth-order valence-corrected chi connectivity index (χ4v) is 6.24. The zero-order valence-corrected chi connectivity index (χ0v) is 27.4. The third kappa shape index (κ3) is 6.78. The standard InChI is InChI=1S/C35H38F2N8O4/c1-3-25(2)45-34(46)44(24-40-45)29-7-5-27(6-8-29)41-14-16-42(17-15-41)28-9-11-30(12-10-28)47-19-31-20-48-35(49-31,21-43-23-38-22-39-43)32-13-4-26(36)18-33(32)37/h4-13,18,22-25,31H,3,14-17,19-21H2,1-2H3/t25?,31-,35-/m0/s1. The molecule has 0 saturated carbocycles. The predicted molar refractivity (Wildman–Crippen MR) is 178 cm³/mol. The highest BCUT2D eigenvalue weighted by molar-refractivity contribution is 5.54. The summed E-state index contributed by atoms with van der Waals surface area (Å²) in [5, 5.41) is 8.39. The van der Waals surface area contributed by atoms with Gasteiger partial charge < -0.3 is 24.0 Å².